The van der Waals surface area contributed by atoms with E-state index in [4.69, 9.17) is 4.74 Å². The average molecular weight is 616 g/mol. The van der Waals surface area contributed by atoms with Gasteiger partial charge in [-0.05, 0) is 73.7 Å². The number of nitrogens with one attached hydrogen (secondary N) is 1. The Balaban J connectivity index is 0.000000450. The standard InChI is InChI=1S/C24H50O.C14H15NO2S/c1-6-7-8-9-10-13-16-19-22-25-23(2)20-17-14-11-12-15-18-21-24(3,4)5;1-2-17-14(16)18-9-5-7-12-10-11-6-3-4-8-13(11)15-12/h23H,6-22H2,1-5H3;2-4,6,8,10,15H,1,5,7,9H2. The van der Waals surface area contributed by atoms with Gasteiger partial charge in [-0.1, -0.05) is 136 Å². The second-order valence-corrected chi connectivity index (χ2v) is 14.3. The van der Waals surface area contributed by atoms with Crippen LogP contribution in [-0.2, 0) is 15.9 Å². The first-order chi connectivity index (χ1) is 20.7. The van der Waals surface area contributed by atoms with Crippen molar-refractivity contribution >= 4 is 28.0 Å². The molecular weight excluding hydrogens is 550 g/mol. The summed E-state index contributed by atoms with van der Waals surface area (Å²) >= 11 is 1.18. The summed E-state index contributed by atoms with van der Waals surface area (Å²) in [6, 6.07) is 10.4. The molecule has 2 aromatic rings. The quantitative estimate of drug-likeness (QED) is 0.0767. The number of fused-ring (bicyclic) bond motifs is 1. The van der Waals surface area contributed by atoms with Crippen LogP contribution >= 0.6 is 11.8 Å². The molecule has 1 heterocycles. The van der Waals surface area contributed by atoms with E-state index in [1.165, 1.54) is 126 Å². The van der Waals surface area contributed by atoms with Crippen LogP contribution < -0.4 is 0 Å². The fraction of sp³-hybridized carbons (Fsp3) is 0.711. The molecule has 0 aliphatic rings. The topological polar surface area (TPSA) is 51.3 Å². The number of carbonyl (C=O) groups excluding carboxylic acids is 1. The van der Waals surface area contributed by atoms with Crippen LogP contribution in [-0.4, -0.2) is 28.7 Å². The van der Waals surface area contributed by atoms with Gasteiger partial charge in [-0.25, -0.2) is 4.79 Å². The molecule has 1 unspecified atom stereocenters. The van der Waals surface area contributed by atoms with E-state index in [1.54, 1.807) is 0 Å². The van der Waals surface area contributed by atoms with Gasteiger partial charge in [0.1, 0.15) is 0 Å². The van der Waals surface area contributed by atoms with Crippen LogP contribution in [0, 0.1) is 5.41 Å². The molecule has 0 saturated carbocycles. The number of carbonyl (C=O) groups is 1. The maximum Gasteiger partial charge on any atom is 0.372 e. The van der Waals surface area contributed by atoms with Gasteiger partial charge in [-0.3, -0.25) is 0 Å². The van der Waals surface area contributed by atoms with Crippen LogP contribution in [0.25, 0.3) is 10.9 Å². The average Bonchev–Trinajstić information content (AvgIpc) is 3.39. The number of aromatic nitrogens is 1. The summed E-state index contributed by atoms with van der Waals surface area (Å²) in [4.78, 5) is 14.4. The van der Waals surface area contributed by atoms with Crippen LogP contribution in [0.2, 0.25) is 0 Å². The number of H-pyrrole nitrogens is 1. The van der Waals surface area contributed by atoms with Gasteiger partial charge in [-0.2, -0.15) is 0 Å². The van der Waals surface area contributed by atoms with Crippen molar-refractivity contribution < 1.29 is 14.3 Å². The summed E-state index contributed by atoms with van der Waals surface area (Å²) < 4.78 is 10.6. The van der Waals surface area contributed by atoms with Gasteiger partial charge < -0.3 is 14.5 Å². The summed E-state index contributed by atoms with van der Waals surface area (Å²) in [6.07, 6.45) is 25.6. The maximum absolute atomic E-state index is 11.1. The van der Waals surface area contributed by atoms with Gasteiger partial charge in [0.05, 0.1) is 12.4 Å². The van der Waals surface area contributed by atoms with Gasteiger partial charge in [0.2, 0.25) is 0 Å². The highest BCUT2D eigenvalue weighted by Gasteiger charge is 2.09. The highest BCUT2D eigenvalue weighted by molar-refractivity contribution is 8.13. The molecule has 1 aromatic carbocycles. The monoisotopic (exact) mass is 615 g/mol. The zero-order chi connectivity index (χ0) is 31.6. The number of unbranched alkanes of at least 4 members (excludes halogenated alkanes) is 12. The molecule has 0 spiro atoms. The number of thioether (sulfide) groups is 1. The molecule has 1 atom stereocenters. The van der Waals surface area contributed by atoms with Gasteiger partial charge in [0.15, 0.2) is 0 Å². The lowest BCUT2D eigenvalue weighted by Gasteiger charge is -2.17. The Kier molecular flexibility index (Phi) is 23.4. The predicted molar refractivity (Wildman–Crippen MR) is 190 cm³/mol. The van der Waals surface area contributed by atoms with Crippen LogP contribution in [0.5, 0.6) is 0 Å². The highest BCUT2D eigenvalue weighted by Crippen LogP contribution is 2.23. The van der Waals surface area contributed by atoms with Gasteiger partial charge in [0, 0.05) is 23.6 Å². The zero-order valence-electron chi connectivity index (χ0n) is 28.5. The van der Waals surface area contributed by atoms with E-state index >= 15 is 0 Å². The van der Waals surface area contributed by atoms with E-state index in [9.17, 15) is 4.79 Å². The number of aryl methyl sites for hydroxylation is 1. The summed E-state index contributed by atoms with van der Waals surface area (Å²) in [5.74, 6) is 0.752. The normalized spacial score (nSPS) is 12.1. The van der Waals surface area contributed by atoms with Crippen molar-refractivity contribution in [2.75, 3.05) is 12.4 Å². The molecule has 0 aliphatic heterocycles. The number of rotatable bonds is 23. The number of aromatic amines is 1. The first kappa shape index (κ1) is 39.3. The van der Waals surface area contributed by atoms with Crippen molar-refractivity contribution in [3.8, 4) is 0 Å². The molecule has 4 nitrogen and oxygen atoms in total. The summed E-state index contributed by atoms with van der Waals surface area (Å²) in [7, 11) is 0. The van der Waals surface area contributed by atoms with E-state index in [0.717, 1.165) is 37.0 Å². The summed E-state index contributed by atoms with van der Waals surface area (Å²) in [5, 5.41) is 0.938. The molecule has 0 radical (unpaired) electrons. The van der Waals surface area contributed by atoms with Crippen LogP contribution in [0.3, 0.4) is 0 Å². The molecule has 5 heteroatoms. The van der Waals surface area contributed by atoms with E-state index in [0.29, 0.717) is 11.5 Å². The SMILES string of the molecule is C=COC(=O)SCCCc1cc2ccccc2[nH]1.CCCCCCCCCCOC(C)CCCCCCCCC(C)(C)C. The van der Waals surface area contributed by atoms with Crippen molar-refractivity contribution in [3.63, 3.8) is 0 Å². The Morgan fingerprint density at radius 2 is 1.53 bits per heavy atom. The second kappa shape index (κ2) is 25.6. The molecule has 246 valence electrons. The predicted octanol–water partition coefficient (Wildman–Crippen LogP) is 12.8. The van der Waals surface area contributed by atoms with Crippen molar-refractivity contribution in [1.29, 1.82) is 0 Å². The maximum atomic E-state index is 11.1. The van der Waals surface area contributed by atoms with Gasteiger partial charge in [0.25, 0.3) is 0 Å². The Morgan fingerprint density at radius 1 is 0.907 bits per heavy atom. The first-order valence-electron chi connectivity index (χ1n) is 17.4. The van der Waals surface area contributed by atoms with Crippen molar-refractivity contribution in [2.24, 2.45) is 5.41 Å². The molecule has 0 bridgehead atoms. The smallest absolute Gasteiger partial charge is 0.372 e. The third-order valence-corrected chi connectivity index (χ3v) is 8.59. The number of para-hydroxylation sites is 1. The molecule has 2 rings (SSSR count). The van der Waals surface area contributed by atoms with Crippen LogP contribution in [0.4, 0.5) is 4.79 Å². The van der Waals surface area contributed by atoms with Gasteiger partial charge >= 0.3 is 5.30 Å². The molecular formula is C38H65NO3S. The Bertz CT molecular complexity index is 915. The lowest BCUT2D eigenvalue weighted by molar-refractivity contribution is 0.0557. The van der Waals surface area contributed by atoms with Crippen molar-refractivity contribution in [3.05, 3.63) is 48.9 Å². The van der Waals surface area contributed by atoms with Crippen LogP contribution in [0.15, 0.2) is 43.2 Å². The van der Waals surface area contributed by atoms with Gasteiger partial charge in [-0.15, -0.1) is 0 Å². The lowest BCUT2D eigenvalue weighted by atomic mass is 9.89. The van der Waals surface area contributed by atoms with Crippen molar-refractivity contribution in [1.82, 2.24) is 4.98 Å². The molecule has 1 N–H and O–H groups in total. The number of benzene rings is 1. The highest BCUT2D eigenvalue weighted by atomic mass is 32.2. The Labute approximate surface area is 269 Å². The number of hydrogen-bond acceptors (Lipinski definition) is 4. The fourth-order valence-electron chi connectivity index (χ4n) is 5.19. The zero-order valence-corrected chi connectivity index (χ0v) is 29.3. The molecule has 0 amide bonds. The minimum Gasteiger partial charge on any atom is -0.427 e. The minimum atomic E-state index is -0.290. The van der Waals surface area contributed by atoms with E-state index in [1.807, 2.05) is 12.1 Å². The third-order valence-electron chi connectivity index (χ3n) is 7.76. The first-order valence-corrected chi connectivity index (χ1v) is 18.4. The van der Waals surface area contributed by atoms with E-state index in [-0.39, 0.29) is 5.30 Å². The molecule has 0 aliphatic carbocycles. The summed E-state index contributed by atoms with van der Waals surface area (Å²) in [6.45, 7) is 15.9. The van der Waals surface area contributed by atoms with Crippen LogP contribution in [0.1, 0.15) is 149 Å². The molecule has 0 fully saturated rings. The van der Waals surface area contributed by atoms with E-state index in [2.05, 4.69) is 69.1 Å². The largest absolute Gasteiger partial charge is 0.427 e. The fourth-order valence-corrected chi connectivity index (χ4v) is 5.78. The number of hydrogen-bond donors (Lipinski definition) is 1. The molecule has 1 aromatic heterocycles. The summed E-state index contributed by atoms with van der Waals surface area (Å²) in [5.41, 5.74) is 2.88. The minimum absolute atomic E-state index is 0.290. The number of ether oxygens (including phenoxy) is 2. The molecule has 43 heavy (non-hydrogen) atoms. The third kappa shape index (κ3) is 23.3. The van der Waals surface area contributed by atoms with E-state index < -0.39 is 0 Å². The second-order valence-electron chi connectivity index (χ2n) is 13.2. The lowest BCUT2D eigenvalue weighted by Crippen LogP contribution is -2.09. The Hall–Kier alpha value is -1.72. The van der Waals surface area contributed by atoms with Crippen molar-refractivity contribution in [2.45, 2.75) is 156 Å². The Morgan fingerprint density at radius 3 is 2.19 bits per heavy atom. The molecule has 0 saturated heterocycles.